The van der Waals surface area contributed by atoms with Gasteiger partial charge in [0.15, 0.2) is 0 Å². The molecule has 0 aliphatic carbocycles. The highest BCUT2D eigenvalue weighted by molar-refractivity contribution is 5.92. The number of amides is 2. The second-order valence-electron chi connectivity index (χ2n) is 4.07. The van der Waals surface area contributed by atoms with E-state index in [-0.39, 0.29) is 30.9 Å². The zero-order valence-electron chi connectivity index (χ0n) is 9.40. The normalized spacial score (nSPS) is 19.7. The van der Waals surface area contributed by atoms with E-state index < -0.39 is 0 Å². The highest BCUT2D eigenvalue weighted by Crippen LogP contribution is 2.05. The van der Waals surface area contributed by atoms with Crippen molar-refractivity contribution in [2.75, 3.05) is 26.2 Å². The molecule has 1 aliphatic heterocycles. The van der Waals surface area contributed by atoms with Crippen molar-refractivity contribution in [2.45, 2.75) is 26.3 Å². The topological polar surface area (TPSA) is 66.6 Å². The third-order valence-electron chi connectivity index (χ3n) is 2.36. The van der Waals surface area contributed by atoms with Crippen LogP contribution in [0.4, 0.5) is 0 Å². The van der Waals surface area contributed by atoms with Gasteiger partial charge in [0.25, 0.3) is 0 Å². The average Bonchev–Trinajstić information content (AvgIpc) is 2.13. The number of rotatable bonds is 4. The van der Waals surface area contributed by atoms with Crippen molar-refractivity contribution in [3.05, 3.63) is 0 Å². The molecule has 2 N–H and O–H groups in total. The average molecular weight is 213 g/mol. The van der Waals surface area contributed by atoms with Gasteiger partial charge in [-0.05, 0) is 13.3 Å². The minimum Gasteiger partial charge on any atom is -0.332 e. The minimum atomic E-state index is -0.0838. The fourth-order valence-corrected chi connectivity index (χ4v) is 1.69. The summed E-state index contributed by atoms with van der Waals surface area (Å²) in [6.07, 6.45) is 0.881. The zero-order valence-corrected chi connectivity index (χ0v) is 9.40. The van der Waals surface area contributed by atoms with E-state index in [2.05, 4.69) is 0 Å². The molecule has 1 aliphatic rings. The van der Waals surface area contributed by atoms with E-state index in [0.29, 0.717) is 13.1 Å². The lowest BCUT2D eigenvalue weighted by Crippen LogP contribution is -2.55. The van der Waals surface area contributed by atoms with Crippen LogP contribution < -0.4 is 5.73 Å². The molecule has 0 unspecified atom stereocenters. The maximum atomic E-state index is 11.6. The van der Waals surface area contributed by atoms with Gasteiger partial charge in [-0.2, -0.15) is 0 Å². The van der Waals surface area contributed by atoms with Crippen LogP contribution in [0.1, 0.15) is 20.3 Å². The molecule has 0 bridgehead atoms. The summed E-state index contributed by atoms with van der Waals surface area (Å²) in [7, 11) is 0. The highest BCUT2D eigenvalue weighted by atomic mass is 16.2. The van der Waals surface area contributed by atoms with Crippen LogP contribution in [-0.2, 0) is 9.59 Å². The minimum absolute atomic E-state index is 0.000324. The molecule has 1 fully saturated rings. The van der Waals surface area contributed by atoms with E-state index in [1.165, 1.54) is 0 Å². The molecule has 15 heavy (non-hydrogen) atoms. The van der Waals surface area contributed by atoms with E-state index in [9.17, 15) is 9.59 Å². The molecule has 0 aromatic heterocycles. The van der Waals surface area contributed by atoms with Crippen LogP contribution in [0.25, 0.3) is 0 Å². The Kier molecular flexibility index (Phi) is 4.08. The predicted molar refractivity (Wildman–Crippen MR) is 57.1 cm³/mol. The summed E-state index contributed by atoms with van der Waals surface area (Å²) >= 11 is 0. The highest BCUT2D eigenvalue weighted by Gasteiger charge is 2.29. The summed E-state index contributed by atoms with van der Waals surface area (Å²) < 4.78 is 0. The molecule has 86 valence electrons. The molecule has 0 aromatic carbocycles. The summed E-state index contributed by atoms with van der Waals surface area (Å²) in [5.74, 6) is 0.0254. The summed E-state index contributed by atoms with van der Waals surface area (Å²) in [6.45, 7) is 5.34. The largest absolute Gasteiger partial charge is 0.332 e. The second kappa shape index (κ2) is 5.11. The first-order valence-corrected chi connectivity index (χ1v) is 5.35. The number of nitrogens with two attached hydrogens (primary N) is 1. The number of hydrogen-bond acceptors (Lipinski definition) is 3. The third kappa shape index (κ3) is 3.20. The van der Waals surface area contributed by atoms with Gasteiger partial charge in [0.1, 0.15) is 0 Å². The molecular weight excluding hydrogens is 194 g/mol. The molecular formula is C10H19N3O2. The van der Waals surface area contributed by atoms with Gasteiger partial charge >= 0.3 is 0 Å². The summed E-state index contributed by atoms with van der Waals surface area (Å²) in [4.78, 5) is 26.4. The molecule has 0 radical (unpaired) electrons. The SMILES string of the molecule is CCCN1CC(=O)N(C[C@@H](C)N)CC1=O. The zero-order chi connectivity index (χ0) is 11.4. The van der Waals surface area contributed by atoms with Crippen molar-refractivity contribution >= 4 is 11.8 Å². The Labute approximate surface area is 90.2 Å². The van der Waals surface area contributed by atoms with Crippen LogP contribution in [-0.4, -0.2) is 53.8 Å². The lowest BCUT2D eigenvalue weighted by Gasteiger charge is -2.34. The van der Waals surface area contributed by atoms with Crippen LogP contribution in [0.15, 0.2) is 0 Å². The lowest BCUT2D eigenvalue weighted by atomic mass is 10.2. The Morgan fingerprint density at radius 1 is 1.27 bits per heavy atom. The molecule has 1 atom stereocenters. The van der Waals surface area contributed by atoms with Crippen LogP contribution >= 0.6 is 0 Å². The number of nitrogens with zero attached hydrogens (tertiary/aromatic N) is 2. The fraction of sp³-hybridized carbons (Fsp3) is 0.800. The monoisotopic (exact) mass is 213 g/mol. The van der Waals surface area contributed by atoms with Gasteiger partial charge in [-0.15, -0.1) is 0 Å². The van der Waals surface area contributed by atoms with E-state index in [0.717, 1.165) is 6.42 Å². The van der Waals surface area contributed by atoms with Gasteiger partial charge in [-0.1, -0.05) is 6.92 Å². The Balaban J connectivity index is 2.55. The molecule has 1 saturated heterocycles. The van der Waals surface area contributed by atoms with E-state index in [4.69, 9.17) is 5.73 Å². The van der Waals surface area contributed by atoms with Gasteiger partial charge in [0, 0.05) is 19.1 Å². The molecule has 5 nitrogen and oxygen atoms in total. The van der Waals surface area contributed by atoms with Crippen molar-refractivity contribution < 1.29 is 9.59 Å². The maximum Gasteiger partial charge on any atom is 0.242 e. The van der Waals surface area contributed by atoms with Crippen LogP contribution in [0.3, 0.4) is 0 Å². The molecule has 5 heteroatoms. The van der Waals surface area contributed by atoms with Gasteiger partial charge in [0.05, 0.1) is 13.1 Å². The quantitative estimate of drug-likeness (QED) is 0.679. The van der Waals surface area contributed by atoms with Crippen molar-refractivity contribution in [1.29, 1.82) is 0 Å². The second-order valence-corrected chi connectivity index (χ2v) is 4.07. The molecule has 1 heterocycles. The molecule has 2 amide bonds. The number of carbonyl (C=O) groups excluding carboxylic acids is 2. The number of hydrogen-bond donors (Lipinski definition) is 1. The van der Waals surface area contributed by atoms with E-state index >= 15 is 0 Å². The lowest BCUT2D eigenvalue weighted by molar-refractivity contribution is -0.150. The first-order chi connectivity index (χ1) is 7.04. The van der Waals surface area contributed by atoms with Crippen LogP contribution in [0, 0.1) is 0 Å². The Hall–Kier alpha value is -1.10. The third-order valence-corrected chi connectivity index (χ3v) is 2.36. The first kappa shape index (κ1) is 12.0. The molecule has 0 aromatic rings. The Morgan fingerprint density at radius 3 is 2.33 bits per heavy atom. The van der Waals surface area contributed by atoms with Crippen molar-refractivity contribution in [3.63, 3.8) is 0 Å². The molecule has 1 rings (SSSR count). The standard InChI is InChI=1S/C10H19N3O2/c1-3-4-12-6-10(15)13(5-8(2)11)7-9(12)14/h8H,3-7,11H2,1-2H3/t8-/m1/s1. The van der Waals surface area contributed by atoms with Crippen LogP contribution in [0.5, 0.6) is 0 Å². The number of carbonyl (C=O) groups is 2. The summed E-state index contributed by atoms with van der Waals surface area (Å²) in [5.41, 5.74) is 5.61. The predicted octanol–water partition coefficient (Wildman–Crippen LogP) is -0.586. The van der Waals surface area contributed by atoms with Gasteiger partial charge < -0.3 is 15.5 Å². The Morgan fingerprint density at radius 2 is 1.80 bits per heavy atom. The van der Waals surface area contributed by atoms with Gasteiger partial charge in [-0.3, -0.25) is 9.59 Å². The van der Waals surface area contributed by atoms with Gasteiger partial charge in [0.2, 0.25) is 11.8 Å². The van der Waals surface area contributed by atoms with Crippen molar-refractivity contribution in [1.82, 2.24) is 9.80 Å². The van der Waals surface area contributed by atoms with Gasteiger partial charge in [-0.25, -0.2) is 0 Å². The van der Waals surface area contributed by atoms with Crippen LogP contribution in [0.2, 0.25) is 0 Å². The fourth-order valence-electron chi connectivity index (χ4n) is 1.69. The number of piperazine rings is 1. The van der Waals surface area contributed by atoms with Crippen molar-refractivity contribution in [3.8, 4) is 0 Å². The summed E-state index contributed by atoms with van der Waals surface area (Å²) in [6, 6.07) is -0.0838. The van der Waals surface area contributed by atoms with E-state index in [1.54, 1.807) is 9.80 Å². The molecule has 0 spiro atoms. The molecule has 0 saturated carbocycles. The van der Waals surface area contributed by atoms with Crippen molar-refractivity contribution in [2.24, 2.45) is 5.73 Å². The Bertz CT molecular complexity index is 253. The summed E-state index contributed by atoms with van der Waals surface area (Å²) in [5, 5.41) is 0. The maximum absolute atomic E-state index is 11.6. The van der Waals surface area contributed by atoms with E-state index in [1.807, 2.05) is 13.8 Å². The smallest absolute Gasteiger partial charge is 0.242 e. The first-order valence-electron chi connectivity index (χ1n) is 5.35.